The second kappa shape index (κ2) is 5.83. The molecular weight excluding hydrogens is 216 g/mol. The first-order valence-corrected chi connectivity index (χ1v) is 6.48. The van der Waals surface area contributed by atoms with Gasteiger partial charge in [-0.25, -0.2) is 0 Å². The Labute approximate surface area is 104 Å². The normalized spacial score (nSPS) is 29.0. The van der Waals surface area contributed by atoms with E-state index in [0.717, 1.165) is 18.9 Å². The standard InChI is InChI=1S/C13H26N2O2/c1-10-8-11(2)15(9-10)7-5-6-13(3,14)12(16)17-4/h10-11H,5-9,14H2,1-4H3. The van der Waals surface area contributed by atoms with E-state index in [4.69, 9.17) is 10.5 Å². The van der Waals surface area contributed by atoms with Crippen LogP contribution in [-0.4, -0.2) is 42.6 Å². The smallest absolute Gasteiger partial charge is 0.325 e. The van der Waals surface area contributed by atoms with Crippen molar-refractivity contribution in [3.63, 3.8) is 0 Å². The lowest BCUT2D eigenvalue weighted by Gasteiger charge is -2.25. The fourth-order valence-corrected chi connectivity index (χ4v) is 2.68. The van der Waals surface area contributed by atoms with Crippen molar-refractivity contribution in [1.82, 2.24) is 4.90 Å². The highest BCUT2D eigenvalue weighted by Crippen LogP contribution is 2.23. The molecule has 0 aromatic rings. The summed E-state index contributed by atoms with van der Waals surface area (Å²) >= 11 is 0. The van der Waals surface area contributed by atoms with Gasteiger partial charge in [0.05, 0.1) is 7.11 Å². The minimum Gasteiger partial charge on any atom is -0.468 e. The number of hydrogen-bond donors (Lipinski definition) is 1. The number of esters is 1. The molecule has 0 spiro atoms. The second-order valence-electron chi connectivity index (χ2n) is 5.70. The van der Waals surface area contributed by atoms with E-state index in [1.165, 1.54) is 20.1 Å². The first-order valence-electron chi connectivity index (χ1n) is 6.48. The van der Waals surface area contributed by atoms with Gasteiger partial charge in [0.2, 0.25) is 0 Å². The molecule has 0 saturated carbocycles. The Morgan fingerprint density at radius 1 is 1.53 bits per heavy atom. The van der Waals surface area contributed by atoms with Gasteiger partial charge >= 0.3 is 5.97 Å². The maximum Gasteiger partial charge on any atom is 0.325 e. The molecule has 3 unspecified atom stereocenters. The molecule has 1 saturated heterocycles. The zero-order chi connectivity index (χ0) is 13.1. The molecule has 100 valence electrons. The predicted molar refractivity (Wildman–Crippen MR) is 68.7 cm³/mol. The van der Waals surface area contributed by atoms with E-state index >= 15 is 0 Å². The van der Waals surface area contributed by atoms with Crippen LogP contribution in [0.5, 0.6) is 0 Å². The summed E-state index contributed by atoms with van der Waals surface area (Å²) in [5.41, 5.74) is 5.08. The van der Waals surface area contributed by atoms with Crippen molar-refractivity contribution in [2.24, 2.45) is 11.7 Å². The molecule has 1 aliphatic rings. The first-order chi connectivity index (χ1) is 7.86. The topological polar surface area (TPSA) is 55.6 Å². The number of likely N-dealkylation sites (tertiary alicyclic amines) is 1. The molecule has 1 aliphatic heterocycles. The Kier molecular flexibility index (Phi) is 4.95. The van der Waals surface area contributed by atoms with Crippen LogP contribution in [0.25, 0.3) is 0 Å². The van der Waals surface area contributed by atoms with Crippen LogP contribution in [0.2, 0.25) is 0 Å². The highest BCUT2D eigenvalue weighted by molar-refractivity contribution is 5.79. The number of carbonyl (C=O) groups is 1. The van der Waals surface area contributed by atoms with Crippen molar-refractivity contribution in [1.29, 1.82) is 0 Å². The Morgan fingerprint density at radius 3 is 2.65 bits per heavy atom. The largest absolute Gasteiger partial charge is 0.468 e. The maximum absolute atomic E-state index is 11.4. The number of nitrogens with two attached hydrogens (primary N) is 1. The van der Waals surface area contributed by atoms with E-state index < -0.39 is 5.54 Å². The number of carbonyl (C=O) groups excluding carboxylic acids is 1. The van der Waals surface area contributed by atoms with E-state index in [1.807, 2.05) is 0 Å². The molecule has 0 aliphatic carbocycles. The van der Waals surface area contributed by atoms with E-state index in [-0.39, 0.29) is 5.97 Å². The molecule has 4 nitrogen and oxygen atoms in total. The van der Waals surface area contributed by atoms with Gasteiger partial charge in [0.25, 0.3) is 0 Å². The zero-order valence-electron chi connectivity index (χ0n) is 11.5. The van der Waals surface area contributed by atoms with E-state index in [9.17, 15) is 4.79 Å². The van der Waals surface area contributed by atoms with Crippen LogP contribution in [0, 0.1) is 5.92 Å². The van der Waals surface area contributed by atoms with Crippen molar-refractivity contribution in [3.8, 4) is 0 Å². The molecule has 0 amide bonds. The summed E-state index contributed by atoms with van der Waals surface area (Å²) in [6, 6.07) is 0.659. The monoisotopic (exact) mass is 242 g/mol. The molecule has 1 heterocycles. The number of rotatable bonds is 5. The van der Waals surface area contributed by atoms with Crippen molar-refractivity contribution in [2.75, 3.05) is 20.2 Å². The lowest BCUT2D eigenvalue weighted by Crippen LogP contribution is -2.46. The summed E-state index contributed by atoms with van der Waals surface area (Å²) in [6.07, 6.45) is 2.90. The van der Waals surface area contributed by atoms with Gasteiger partial charge < -0.3 is 15.4 Å². The van der Waals surface area contributed by atoms with Gasteiger partial charge in [0, 0.05) is 12.6 Å². The van der Waals surface area contributed by atoms with Crippen LogP contribution >= 0.6 is 0 Å². The molecule has 17 heavy (non-hydrogen) atoms. The molecule has 0 radical (unpaired) electrons. The average Bonchev–Trinajstić information content (AvgIpc) is 2.56. The van der Waals surface area contributed by atoms with Crippen LogP contribution in [0.1, 0.15) is 40.0 Å². The Hall–Kier alpha value is -0.610. The minimum absolute atomic E-state index is 0.319. The highest BCUT2D eigenvalue weighted by atomic mass is 16.5. The highest BCUT2D eigenvalue weighted by Gasteiger charge is 2.30. The van der Waals surface area contributed by atoms with Gasteiger partial charge in [-0.2, -0.15) is 0 Å². The van der Waals surface area contributed by atoms with Crippen molar-refractivity contribution < 1.29 is 9.53 Å². The van der Waals surface area contributed by atoms with E-state index in [2.05, 4.69) is 18.7 Å². The summed E-state index contributed by atoms with van der Waals surface area (Å²) in [5, 5.41) is 0. The molecule has 1 fully saturated rings. The summed E-state index contributed by atoms with van der Waals surface area (Å²) in [4.78, 5) is 13.9. The lowest BCUT2D eigenvalue weighted by molar-refractivity contribution is -0.146. The van der Waals surface area contributed by atoms with Crippen molar-refractivity contribution in [2.45, 2.75) is 51.6 Å². The maximum atomic E-state index is 11.4. The molecule has 3 atom stereocenters. The lowest BCUT2D eigenvalue weighted by atomic mass is 9.97. The summed E-state index contributed by atoms with van der Waals surface area (Å²) in [5.74, 6) is 0.468. The summed E-state index contributed by atoms with van der Waals surface area (Å²) in [6.45, 7) is 8.49. The molecule has 0 aromatic carbocycles. The van der Waals surface area contributed by atoms with Gasteiger partial charge in [0.1, 0.15) is 5.54 Å². The summed E-state index contributed by atoms with van der Waals surface area (Å²) in [7, 11) is 1.39. The van der Waals surface area contributed by atoms with Gasteiger partial charge in [-0.05, 0) is 45.6 Å². The third-order valence-corrected chi connectivity index (χ3v) is 3.71. The zero-order valence-corrected chi connectivity index (χ0v) is 11.5. The van der Waals surface area contributed by atoms with Crippen LogP contribution in [0.3, 0.4) is 0 Å². The Bertz CT molecular complexity index is 266. The first kappa shape index (κ1) is 14.5. The predicted octanol–water partition coefficient (Wildman–Crippen LogP) is 1.39. The SMILES string of the molecule is COC(=O)C(C)(N)CCCN1CC(C)CC1C. The van der Waals surface area contributed by atoms with Crippen molar-refractivity contribution in [3.05, 3.63) is 0 Å². The average molecular weight is 242 g/mol. The van der Waals surface area contributed by atoms with Crippen molar-refractivity contribution >= 4 is 5.97 Å². The number of methoxy groups -OCH3 is 1. The second-order valence-corrected chi connectivity index (χ2v) is 5.70. The van der Waals surface area contributed by atoms with Crippen LogP contribution < -0.4 is 5.73 Å². The third kappa shape index (κ3) is 3.96. The van der Waals surface area contributed by atoms with Gasteiger partial charge in [0.15, 0.2) is 0 Å². The number of ether oxygens (including phenoxy) is 1. The Morgan fingerprint density at radius 2 is 2.18 bits per heavy atom. The summed E-state index contributed by atoms with van der Waals surface area (Å²) < 4.78 is 4.70. The number of hydrogen-bond acceptors (Lipinski definition) is 4. The third-order valence-electron chi connectivity index (χ3n) is 3.71. The van der Waals surface area contributed by atoms with Gasteiger partial charge in [-0.1, -0.05) is 6.92 Å². The Balaban J connectivity index is 2.30. The van der Waals surface area contributed by atoms with Crippen LogP contribution in [-0.2, 0) is 9.53 Å². The van der Waals surface area contributed by atoms with E-state index in [1.54, 1.807) is 6.92 Å². The molecule has 0 aromatic heterocycles. The molecule has 0 bridgehead atoms. The fraction of sp³-hybridized carbons (Fsp3) is 0.923. The minimum atomic E-state index is -0.844. The molecule has 2 N–H and O–H groups in total. The molecule has 4 heteroatoms. The number of nitrogens with zero attached hydrogens (tertiary/aromatic N) is 1. The fourth-order valence-electron chi connectivity index (χ4n) is 2.68. The van der Waals surface area contributed by atoms with Crippen LogP contribution in [0.4, 0.5) is 0 Å². The molecular formula is C13H26N2O2. The quantitative estimate of drug-likeness (QED) is 0.740. The van der Waals surface area contributed by atoms with E-state index in [0.29, 0.717) is 12.5 Å². The van der Waals surface area contributed by atoms with Gasteiger partial charge in [-0.15, -0.1) is 0 Å². The van der Waals surface area contributed by atoms with Gasteiger partial charge in [-0.3, -0.25) is 4.79 Å². The molecule has 1 rings (SSSR count). The van der Waals surface area contributed by atoms with Crippen LogP contribution in [0.15, 0.2) is 0 Å².